The standard InChI is InChI=1S/C19H23N3O2/c23-18-12-17(6-9-20-18)16-7-10-22(11-8-16)14-19(24)21-13-15-4-2-1-3-5-15/h1-6,9,12,16H,7-8,10-11,13-14H2,(H,20,23)(H,21,24). The number of carbonyl (C=O) groups excluding carboxylic acids is 1. The van der Waals surface area contributed by atoms with Crippen LogP contribution in [0.25, 0.3) is 0 Å². The number of amides is 1. The number of rotatable bonds is 5. The molecule has 1 aliphatic rings. The molecule has 0 spiro atoms. The van der Waals surface area contributed by atoms with E-state index in [1.54, 1.807) is 12.3 Å². The molecule has 0 saturated carbocycles. The molecular weight excluding hydrogens is 302 g/mol. The van der Waals surface area contributed by atoms with E-state index < -0.39 is 0 Å². The van der Waals surface area contributed by atoms with Gasteiger partial charge >= 0.3 is 0 Å². The van der Waals surface area contributed by atoms with Gasteiger partial charge < -0.3 is 10.3 Å². The second-order valence-corrected chi connectivity index (χ2v) is 6.30. The van der Waals surface area contributed by atoms with Gasteiger partial charge in [0.1, 0.15) is 0 Å². The minimum absolute atomic E-state index is 0.0461. The Morgan fingerprint density at radius 2 is 1.92 bits per heavy atom. The van der Waals surface area contributed by atoms with E-state index in [1.807, 2.05) is 36.4 Å². The maximum absolute atomic E-state index is 12.1. The normalized spacial score (nSPS) is 16.0. The van der Waals surface area contributed by atoms with Crippen molar-refractivity contribution < 1.29 is 4.79 Å². The Morgan fingerprint density at radius 1 is 1.17 bits per heavy atom. The van der Waals surface area contributed by atoms with Crippen LogP contribution in [0.15, 0.2) is 53.5 Å². The van der Waals surface area contributed by atoms with Crippen molar-refractivity contribution in [2.24, 2.45) is 0 Å². The number of hydrogen-bond donors (Lipinski definition) is 2. The van der Waals surface area contributed by atoms with Crippen LogP contribution < -0.4 is 10.9 Å². The van der Waals surface area contributed by atoms with Crippen molar-refractivity contribution in [2.75, 3.05) is 19.6 Å². The second kappa shape index (κ2) is 7.93. The molecule has 3 rings (SSSR count). The molecule has 1 aliphatic heterocycles. The number of nitrogens with zero attached hydrogens (tertiary/aromatic N) is 1. The summed E-state index contributed by atoms with van der Waals surface area (Å²) in [6.07, 6.45) is 3.67. The summed E-state index contributed by atoms with van der Waals surface area (Å²) in [5.41, 5.74) is 2.17. The van der Waals surface area contributed by atoms with Gasteiger partial charge in [0.25, 0.3) is 0 Å². The molecule has 5 nitrogen and oxygen atoms in total. The zero-order chi connectivity index (χ0) is 16.8. The molecule has 5 heteroatoms. The first-order valence-corrected chi connectivity index (χ1v) is 8.42. The van der Waals surface area contributed by atoms with Gasteiger partial charge in [-0.15, -0.1) is 0 Å². The summed E-state index contributed by atoms with van der Waals surface area (Å²) >= 11 is 0. The second-order valence-electron chi connectivity index (χ2n) is 6.30. The van der Waals surface area contributed by atoms with Crippen LogP contribution in [0.4, 0.5) is 0 Å². The lowest BCUT2D eigenvalue weighted by Gasteiger charge is -2.31. The van der Waals surface area contributed by atoms with Crippen LogP contribution in [0.2, 0.25) is 0 Å². The highest BCUT2D eigenvalue weighted by Crippen LogP contribution is 2.26. The zero-order valence-corrected chi connectivity index (χ0v) is 13.7. The molecule has 126 valence electrons. The topological polar surface area (TPSA) is 65.2 Å². The summed E-state index contributed by atoms with van der Waals surface area (Å²) in [4.78, 5) is 28.3. The molecule has 2 aromatic rings. The molecule has 1 aromatic heterocycles. The highest BCUT2D eigenvalue weighted by molar-refractivity contribution is 5.78. The smallest absolute Gasteiger partial charge is 0.248 e. The van der Waals surface area contributed by atoms with Gasteiger partial charge in [-0.3, -0.25) is 14.5 Å². The number of pyridine rings is 1. The van der Waals surface area contributed by atoms with Gasteiger partial charge in [0.2, 0.25) is 11.5 Å². The number of H-pyrrole nitrogens is 1. The number of aromatic nitrogens is 1. The van der Waals surface area contributed by atoms with E-state index in [1.165, 1.54) is 0 Å². The van der Waals surface area contributed by atoms with E-state index in [2.05, 4.69) is 15.2 Å². The molecular formula is C19H23N3O2. The zero-order valence-electron chi connectivity index (χ0n) is 13.7. The molecule has 24 heavy (non-hydrogen) atoms. The minimum Gasteiger partial charge on any atom is -0.351 e. The van der Waals surface area contributed by atoms with Gasteiger partial charge in [-0.05, 0) is 49.0 Å². The molecule has 0 bridgehead atoms. The summed E-state index contributed by atoms with van der Waals surface area (Å²) in [6, 6.07) is 13.6. The van der Waals surface area contributed by atoms with Crippen molar-refractivity contribution in [3.63, 3.8) is 0 Å². The Balaban J connectivity index is 1.43. The van der Waals surface area contributed by atoms with Crippen LogP contribution in [-0.4, -0.2) is 35.4 Å². The summed E-state index contributed by atoms with van der Waals surface area (Å²) in [5, 5.41) is 2.97. The highest BCUT2D eigenvalue weighted by atomic mass is 16.2. The van der Waals surface area contributed by atoms with Crippen molar-refractivity contribution >= 4 is 5.91 Å². The molecule has 2 heterocycles. The third kappa shape index (κ3) is 4.55. The molecule has 0 radical (unpaired) electrons. The van der Waals surface area contributed by atoms with Crippen LogP contribution in [0.3, 0.4) is 0 Å². The third-order valence-electron chi connectivity index (χ3n) is 4.56. The summed E-state index contributed by atoms with van der Waals surface area (Å²) in [7, 11) is 0. The fourth-order valence-corrected chi connectivity index (χ4v) is 3.20. The van der Waals surface area contributed by atoms with Crippen LogP contribution in [0.1, 0.15) is 29.9 Å². The summed E-state index contributed by atoms with van der Waals surface area (Å²) in [6.45, 7) is 2.78. The van der Waals surface area contributed by atoms with E-state index in [0.29, 0.717) is 19.0 Å². The predicted octanol–water partition coefficient (Wildman–Crippen LogP) is 1.87. The van der Waals surface area contributed by atoms with Crippen molar-refractivity contribution in [1.29, 1.82) is 0 Å². The van der Waals surface area contributed by atoms with Gasteiger partial charge in [0.15, 0.2) is 0 Å². The SMILES string of the molecule is O=C(CN1CCC(c2cc[nH]c(=O)c2)CC1)NCc1ccccc1. The lowest BCUT2D eigenvalue weighted by molar-refractivity contribution is -0.122. The fourth-order valence-electron chi connectivity index (χ4n) is 3.20. The number of nitrogens with one attached hydrogen (secondary N) is 2. The average molecular weight is 325 g/mol. The van der Waals surface area contributed by atoms with Crippen molar-refractivity contribution in [1.82, 2.24) is 15.2 Å². The predicted molar refractivity (Wildman–Crippen MR) is 93.8 cm³/mol. The molecule has 1 aromatic carbocycles. The van der Waals surface area contributed by atoms with Crippen LogP contribution in [-0.2, 0) is 11.3 Å². The van der Waals surface area contributed by atoms with Crippen LogP contribution in [0.5, 0.6) is 0 Å². The largest absolute Gasteiger partial charge is 0.351 e. The minimum atomic E-state index is -0.0461. The van der Waals surface area contributed by atoms with Crippen LogP contribution >= 0.6 is 0 Å². The highest BCUT2D eigenvalue weighted by Gasteiger charge is 2.22. The third-order valence-corrected chi connectivity index (χ3v) is 4.56. The first-order valence-electron chi connectivity index (χ1n) is 8.42. The first kappa shape index (κ1) is 16.5. The molecule has 1 fully saturated rings. The number of piperidine rings is 1. The maximum atomic E-state index is 12.1. The van der Waals surface area contributed by atoms with Crippen molar-refractivity contribution in [2.45, 2.75) is 25.3 Å². The molecule has 0 atom stereocenters. The lowest BCUT2D eigenvalue weighted by atomic mass is 9.90. The van der Waals surface area contributed by atoms with E-state index in [9.17, 15) is 9.59 Å². The van der Waals surface area contributed by atoms with Crippen LogP contribution in [0, 0.1) is 0 Å². The molecule has 1 saturated heterocycles. The Hall–Kier alpha value is -2.40. The first-order chi connectivity index (χ1) is 11.7. The number of carbonyl (C=O) groups is 1. The van der Waals surface area contributed by atoms with E-state index in [0.717, 1.165) is 37.1 Å². The Labute approximate surface area is 141 Å². The van der Waals surface area contributed by atoms with Gasteiger partial charge in [-0.2, -0.15) is 0 Å². The Kier molecular flexibility index (Phi) is 5.43. The fraction of sp³-hybridized carbons (Fsp3) is 0.368. The van der Waals surface area contributed by atoms with Crippen molar-refractivity contribution in [3.8, 4) is 0 Å². The van der Waals surface area contributed by atoms with Gasteiger partial charge in [-0.1, -0.05) is 30.3 Å². The number of likely N-dealkylation sites (tertiary alicyclic amines) is 1. The number of hydrogen-bond acceptors (Lipinski definition) is 3. The monoisotopic (exact) mass is 325 g/mol. The molecule has 1 amide bonds. The van der Waals surface area contributed by atoms with Gasteiger partial charge in [-0.25, -0.2) is 0 Å². The molecule has 0 unspecified atom stereocenters. The van der Waals surface area contributed by atoms with E-state index >= 15 is 0 Å². The Morgan fingerprint density at radius 3 is 2.62 bits per heavy atom. The number of aromatic amines is 1. The molecule has 0 aliphatic carbocycles. The van der Waals surface area contributed by atoms with E-state index in [4.69, 9.17) is 0 Å². The maximum Gasteiger partial charge on any atom is 0.248 e. The van der Waals surface area contributed by atoms with Gasteiger partial charge in [0, 0.05) is 18.8 Å². The van der Waals surface area contributed by atoms with E-state index in [-0.39, 0.29) is 11.5 Å². The average Bonchev–Trinajstić information content (AvgIpc) is 2.61. The lowest BCUT2D eigenvalue weighted by Crippen LogP contribution is -2.41. The molecule has 2 N–H and O–H groups in total. The summed E-state index contributed by atoms with van der Waals surface area (Å²) < 4.78 is 0. The summed E-state index contributed by atoms with van der Waals surface area (Å²) in [5.74, 6) is 0.476. The Bertz CT molecular complexity index is 719. The quantitative estimate of drug-likeness (QED) is 0.882. The number of benzene rings is 1. The van der Waals surface area contributed by atoms with Crippen molar-refractivity contribution in [3.05, 3.63) is 70.1 Å². The van der Waals surface area contributed by atoms with Gasteiger partial charge in [0.05, 0.1) is 6.54 Å².